The Hall–Kier alpha value is -1.57. The standard InChI is InChI=1S/C14H19N3O3S/c1-3-5-17-13(12-4-7-20-11(12)2)15-16-14(17)21-10-9-19-8-6-18/h3-4,7,18H,1,5-6,8-10H2,2H3. The molecule has 6 nitrogen and oxygen atoms in total. The molecule has 7 heteroatoms. The summed E-state index contributed by atoms with van der Waals surface area (Å²) in [6, 6.07) is 1.89. The molecule has 0 atom stereocenters. The predicted molar refractivity (Wildman–Crippen MR) is 81.3 cm³/mol. The molecule has 0 saturated carbocycles. The number of aliphatic hydroxyl groups excluding tert-OH is 1. The first-order valence-electron chi connectivity index (χ1n) is 6.68. The Labute approximate surface area is 127 Å². The van der Waals surface area contributed by atoms with Gasteiger partial charge in [0.05, 0.1) is 31.6 Å². The minimum atomic E-state index is 0.0429. The number of hydrogen-bond donors (Lipinski definition) is 1. The van der Waals surface area contributed by atoms with Crippen molar-refractivity contribution in [3.8, 4) is 11.4 Å². The molecule has 2 heterocycles. The van der Waals surface area contributed by atoms with Gasteiger partial charge in [-0.3, -0.25) is 4.57 Å². The number of rotatable bonds is 9. The van der Waals surface area contributed by atoms with Crippen LogP contribution in [0.5, 0.6) is 0 Å². The SMILES string of the molecule is C=CCn1c(SCCOCCO)nnc1-c1ccoc1C. The zero-order valence-electron chi connectivity index (χ0n) is 12.0. The lowest BCUT2D eigenvalue weighted by atomic mass is 10.2. The summed E-state index contributed by atoms with van der Waals surface area (Å²) in [4.78, 5) is 0. The van der Waals surface area contributed by atoms with E-state index in [9.17, 15) is 0 Å². The molecule has 2 aromatic rings. The van der Waals surface area contributed by atoms with Gasteiger partial charge in [0.2, 0.25) is 0 Å². The molecule has 0 aliphatic rings. The summed E-state index contributed by atoms with van der Waals surface area (Å²) in [5.41, 5.74) is 0.938. The zero-order valence-corrected chi connectivity index (χ0v) is 12.8. The summed E-state index contributed by atoms with van der Waals surface area (Å²) in [5.74, 6) is 2.34. The van der Waals surface area contributed by atoms with Crippen LogP contribution in [0.2, 0.25) is 0 Å². The molecule has 1 N–H and O–H groups in total. The van der Waals surface area contributed by atoms with Crippen molar-refractivity contribution < 1.29 is 14.3 Å². The van der Waals surface area contributed by atoms with Crippen molar-refractivity contribution in [2.24, 2.45) is 0 Å². The van der Waals surface area contributed by atoms with Crippen LogP contribution in [-0.4, -0.2) is 45.4 Å². The van der Waals surface area contributed by atoms with E-state index in [0.717, 1.165) is 28.1 Å². The Bertz CT molecular complexity index is 580. The molecule has 0 radical (unpaired) electrons. The van der Waals surface area contributed by atoms with Gasteiger partial charge in [-0.05, 0) is 13.0 Å². The van der Waals surface area contributed by atoms with Crippen molar-refractivity contribution in [2.45, 2.75) is 18.6 Å². The summed E-state index contributed by atoms with van der Waals surface area (Å²) in [6.07, 6.45) is 3.46. The van der Waals surface area contributed by atoms with Crippen molar-refractivity contribution in [3.63, 3.8) is 0 Å². The van der Waals surface area contributed by atoms with Crippen LogP contribution in [0.3, 0.4) is 0 Å². The molecule has 21 heavy (non-hydrogen) atoms. The molecule has 0 bridgehead atoms. The Balaban J connectivity index is 2.10. The number of furan rings is 1. The number of allylic oxidation sites excluding steroid dienone is 1. The lowest BCUT2D eigenvalue weighted by molar-refractivity contribution is 0.103. The van der Waals surface area contributed by atoms with Crippen molar-refractivity contribution in [2.75, 3.05) is 25.6 Å². The third-order valence-electron chi connectivity index (χ3n) is 2.82. The smallest absolute Gasteiger partial charge is 0.191 e. The third-order valence-corrected chi connectivity index (χ3v) is 3.75. The topological polar surface area (TPSA) is 73.3 Å². The number of aromatic nitrogens is 3. The summed E-state index contributed by atoms with van der Waals surface area (Å²) < 4.78 is 12.6. The van der Waals surface area contributed by atoms with Crippen LogP contribution in [-0.2, 0) is 11.3 Å². The van der Waals surface area contributed by atoms with Crippen LogP contribution < -0.4 is 0 Å². The van der Waals surface area contributed by atoms with Gasteiger partial charge in [0, 0.05) is 12.3 Å². The van der Waals surface area contributed by atoms with E-state index in [4.69, 9.17) is 14.3 Å². The Morgan fingerprint density at radius 3 is 3.00 bits per heavy atom. The van der Waals surface area contributed by atoms with Gasteiger partial charge >= 0.3 is 0 Å². The lowest BCUT2D eigenvalue weighted by Crippen LogP contribution is -2.04. The van der Waals surface area contributed by atoms with Crippen LogP contribution in [0.25, 0.3) is 11.4 Å². The minimum Gasteiger partial charge on any atom is -0.469 e. The molecule has 0 aliphatic heterocycles. The van der Waals surface area contributed by atoms with Gasteiger partial charge in [-0.15, -0.1) is 16.8 Å². The molecular formula is C14H19N3O3S. The first-order chi connectivity index (χ1) is 10.3. The molecule has 0 amide bonds. The maximum Gasteiger partial charge on any atom is 0.191 e. The van der Waals surface area contributed by atoms with Gasteiger partial charge in [0.15, 0.2) is 11.0 Å². The van der Waals surface area contributed by atoms with Crippen molar-refractivity contribution in [1.29, 1.82) is 0 Å². The number of nitrogens with zero attached hydrogens (tertiary/aromatic N) is 3. The number of hydrogen-bond acceptors (Lipinski definition) is 6. The van der Waals surface area contributed by atoms with E-state index < -0.39 is 0 Å². The van der Waals surface area contributed by atoms with Gasteiger partial charge in [0.1, 0.15) is 5.76 Å². The molecule has 2 rings (SSSR count). The summed E-state index contributed by atoms with van der Waals surface area (Å²) in [7, 11) is 0. The molecular weight excluding hydrogens is 290 g/mol. The highest BCUT2D eigenvalue weighted by atomic mass is 32.2. The molecule has 0 saturated heterocycles. The second-order valence-electron chi connectivity index (χ2n) is 4.28. The van der Waals surface area contributed by atoms with E-state index in [1.165, 1.54) is 0 Å². The van der Waals surface area contributed by atoms with E-state index in [2.05, 4.69) is 16.8 Å². The highest BCUT2D eigenvalue weighted by molar-refractivity contribution is 7.99. The van der Waals surface area contributed by atoms with Gasteiger partial charge in [-0.25, -0.2) is 0 Å². The molecule has 0 aliphatic carbocycles. The maximum absolute atomic E-state index is 8.65. The largest absolute Gasteiger partial charge is 0.469 e. The third kappa shape index (κ3) is 3.96. The monoisotopic (exact) mass is 309 g/mol. The maximum atomic E-state index is 8.65. The summed E-state index contributed by atoms with van der Waals surface area (Å²) >= 11 is 1.57. The molecule has 114 valence electrons. The fourth-order valence-electron chi connectivity index (χ4n) is 1.86. The normalized spacial score (nSPS) is 11.0. The number of ether oxygens (including phenoxy) is 1. The summed E-state index contributed by atoms with van der Waals surface area (Å²) in [5, 5.41) is 18.0. The quantitative estimate of drug-likeness (QED) is 0.434. The second kappa shape index (κ2) is 8.02. The molecule has 0 spiro atoms. The molecule has 0 fully saturated rings. The van der Waals surface area contributed by atoms with Gasteiger partial charge < -0.3 is 14.3 Å². The second-order valence-corrected chi connectivity index (χ2v) is 5.34. The van der Waals surface area contributed by atoms with Crippen LogP contribution in [0, 0.1) is 6.92 Å². The van der Waals surface area contributed by atoms with E-state index in [0.29, 0.717) is 19.8 Å². The number of aryl methyl sites for hydroxylation is 1. The average molecular weight is 309 g/mol. The molecule has 0 unspecified atom stereocenters. The number of thioether (sulfide) groups is 1. The zero-order chi connectivity index (χ0) is 15.1. The van der Waals surface area contributed by atoms with Gasteiger partial charge in [0.25, 0.3) is 0 Å². The first-order valence-corrected chi connectivity index (χ1v) is 7.66. The van der Waals surface area contributed by atoms with Gasteiger partial charge in [-0.2, -0.15) is 0 Å². The Kier molecular flexibility index (Phi) is 6.04. The fraction of sp³-hybridized carbons (Fsp3) is 0.429. The van der Waals surface area contributed by atoms with E-state index in [-0.39, 0.29) is 6.61 Å². The fourth-order valence-corrected chi connectivity index (χ4v) is 2.66. The van der Waals surface area contributed by atoms with Crippen molar-refractivity contribution in [1.82, 2.24) is 14.8 Å². The predicted octanol–water partition coefficient (Wildman–Crippen LogP) is 2.13. The Morgan fingerprint density at radius 2 is 2.33 bits per heavy atom. The first kappa shape index (κ1) is 15.8. The highest BCUT2D eigenvalue weighted by Crippen LogP contribution is 2.26. The number of aliphatic hydroxyl groups is 1. The molecule has 2 aromatic heterocycles. The van der Waals surface area contributed by atoms with E-state index in [1.54, 1.807) is 18.0 Å². The van der Waals surface area contributed by atoms with Crippen LogP contribution in [0.4, 0.5) is 0 Å². The Morgan fingerprint density at radius 1 is 1.48 bits per heavy atom. The van der Waals surface area contributed by atoms with Gasteiger partial charge in [-0.1, -0.05) is 17.8 Å². The van der Waals surface area contributed by atoms with Crippen molar-refractivity contribution in [3.05, 3.63) is 30.7 Å². The summed E-state index contributed by atoms with van der Waals surface area (Å²) in [6.45, 7) is 7.28. The van der Waals surface area contributed by atoms with Crippen molar-refractivity contribution >= 4 is 11.8 Å². The average Bonchev–Trinajstić information content (AvgIpc) is 3.06. The minimum absolute atomic E-state index is 0.0429. The van der Waals surface area contributed by atoms with Crippen LogP contribution in [0.15, 0.2) is 34.6 Å². The van der Waals surface area contributed by atoms with Crippen LogP contribution >= 0.6 is 11.8 Å². The molecule has 0 aromatic carbocycles. The lowest BCUT2D eigenvalue weighted by Gasteiger charge is -2.07. The highest BCUT2D eigenvalue weighted by Gasteiger charge is 2.16. The van der Waals surface area contributed by atoms with E-state index >= 15 is 0 Å². The van der Waals surface area contributed by atoms with Crippen LogP contribution in [0.1, 0.15) is 5.76 Å². The van der Waals surface area contributed by atoms with E-state index in [1.807, 2.05) is 23.6 Å².